The van der Waals surface area contributed by atoms with Crippen LogP contribution in [0.15, 0.2) is 164 Å². The number of carbonyl (C=O) groups is 6. The summed E-state index contributed by atoms with van der Waals surface area (Å²) in [7, 11) is 2.62. The third kappa shape index (κ3) is 19.0. The van der Waals surface area contributed by atoms with Crippen LogP contribution in [0, 0.1) is 0 Å². The van der Waals surface area contributed by atoms with Crippen LogP contribution < -0.4 is 40.5 Å². The number of aromatic carboxylic acids is 1. The van der Waals surface area contributed by atoms with Gasteiger partial charge in [-0.15, -0.1) is 34.0 Å². The monoisotopic (exact) mass is 1200 g/mol. The van der Waals surface area contributed by atoms with E-state index in [0.29, 0.717) is 40.3 Å². The smallest absolute Gasteiger partial charge is 0.870 e. The first-order chi connectivity index (χ1) is 39.9. The zero-order valence-corrected chi connectivity index (χ0v) is 49.6. The van der Waals surface area contributed by atoms with Crippen LogP contribution in [0.4, 0.5) is 22.7 Å². The van der Waals surface area contributed by atoms with Gasteiger partial charge in [0.25, 0.3) is 0 Å². The molecule has 0 saturated heterocycles. The van der Waals surface area contributed by atoms with Crippen molar-refractivity contribution in [2.45, 2.75) is 57.8 Å². The Morgan fingerprint density at radius 2 is 0.788 bits per heavy atom. The van der Waals surface area contributed by atoms with E-state index < -0.39 is 17.9 Å². The Morgan fingerprint density at radius 3 is 1.09 bits per heavy atom. The average molecular weight is 1200 g/mol. The number of amides is 3. The number of nitrogens with one attached hydrogen (secondary N) is 3. The van der Waals surface area contributed by atoms with Crippen LogP contribution in [0.25, 0.3) is 31.7 Å². The molecule has 0 aliphatic carbocycles. The van der Waals surface area contributed by atoms with Gasteiger partial charge in [-0.25, -0.2) is 14.4 Å². The maximum absolute atomic E-state index is 12.5. The van der Waals surface area contributed by atoms with Crippen LogP contribution in [-0.2, 0) is 23.9 Å². The Bertz CT molecular complexity index is 3540. The molecule has 23 heteroatoms. The number of nitrogens with zero attached hydrogens (tertiary/aromatic N) is 3. The predicted molar refractivity (Wildman–Crippen MR) is 326 cm³/mol. The number of rotatable bonds is 18. The second kappa shape index (κ2) is 32.2. The number of pyridine rings is 3. The summed E-state index contributed by atoms with van der Waals surface area (Å²) in [6.07, 6.45) is 5.24. The molecule has 0 aliphatic heterocycles. The topological polar surface area (TPSA) is 312 Å². The van der Waals surface area contributed by atoms with Crippen molar-refractivity contribution in [2.24, 2.45) is 0 Å². The molecule has 3 atom stereocenters. The SMILES string of the molecule is CC(CC(=O)Nc1ccccc1C(=O)O)c1ccc(-c2ccc(O)cn2)s1.COC(=O)c1ccccc1NC(=O)CC(C)c1ccc(-c2ccc(N)cn2)s1.COC(=O)c1ccccc1NC(=O)CC(C)c1ccc(-c2ccc(O)cn2)s1.[Li+].[OH-]. The van der Waals surface area contributed by atoms with Gasteiger partial charge in [0, 0.05) is 33.9 Å². The number of hydrogen-bond donors (Lipinski definition) is 7. The van der Waals surface area contributed by atoms with Crippen LogP contribution in [0.1, 0.15) is 103 Å². The minimum absolute atomic E-state index is 0. The van der Waals surface area contributed by atoms with E-state index >= 15 is 0 Å². The van der Waals surface area contributed by atoms with E-state index in [2.05, 4.69) is 30.9 Å². The molecule has 0 bridgehead atoms. The third-order valence-electron chi connectivity index (χ3n) is 12.5. The number of carbonyl (C=O) groups excluding carboxylic acids is 5. The molecule has 9 N–H and O–H groups in total. The van der Waals surface area contributed by atoms with Crippen molar-refractivity contribution in [1.82, 2.24) is 15.0 Å². The number of thiophene rings is 3. The first kappa shape index (κ1) is 66.8. The second-order valence-corrected chi connectivity index (χ2v) is 22.1. The van der Waals surface area contributed by atoms with Gasteiger partial charge < -0.3 is 52.0 Å². The summed E-state index contributed by atoms with van der Waals surface area (Å²) in [5, 5.41) is 36.2. The summed E-state index contributed by atoms with van der Waals surface area (Å²) >= 11 is 4.70. The van der Waals surface area contributed by atoms with Gasteiger partial charge in [-0.2, -0.15) is 0 Å². The molecule has 19 nitrogen and oxygen atoms in total. The summed E-state index contributed by atoms with van der Waals surface area (Å²) in [4.78, 5) is 91.1. The fraction of sp³-hybridized carbons (Fsp3) is 0.177. The average Bonchev–Trinajstić information content (AvgIpc) is 4.39. The van der Waals surface area contributed by atoms with Gasteiger partial charge in [0.15, 0.2) is 0 Å². The molecular weight excluding hydrogens is 1140 g/mol. The quantitative estimate of drug-likeness (QED) is 0.0310. The molecule has 0 aliphatic rings. The molecule has 6 heterocycles. The molecular formula is C62H60LiN7O12S3. The molecule has 3 aromatic carbocycles. The van der Waals surface area contributed by atoms with E-state index in [1.165, 1.54) is 44.0 Å². The molecule has 9 rings (SSSR count). The molecule has 3 amide bonds. The van der Waals surface area contributed by atoms with Gasteiger partial charge in [0.2, 0.25) is 17.7 Å². The fourth-order valence-electron chi connectivity index (χ4n) is 8.16. The van der Waals surface area contributed by atoms with Crippen molar-refractivity contribution in [3.63, 3.8) is 0 Å². The Hall–Kier alpha value is -9.01. The number of esters is 2. The molecule has 0 fully saturated rings. The number of nitrogen functional groups attached to an aromatic ring is 1. The van der Waals surface area contributed by atoms with Crippen molar-refractivity contribution < 1.29 is 77.9 Å². The standard InChI is InChI=1S/C21H21N3O3S.C21H20N2O4S.C20H18N2O4S.Li.H2O/c1-13(18-9-10-19(28-18)17-8-7-14(22)12-23-17)11-20(25)24-16-6-4-3-5-15(16)21(26)27-2;1-13(18-9-10-19(28-18)17-8-7-14(24)12-22-17)11-20(25)23-16-6-4-3-5-15(16)21(26)27-2;1-12(10-19(24)22-15-5-3-2-4-14(15)20(25)26)17-8-9-18(27-17)16-7-6-13(23)11-21-16;;/h3-10,12-13H,11,22H2,1-2H3,(H,24,25);3-10,12-13,24H,11H2,1-2H3,(H,23,25);2-9,11-12,23H,10H2,1H3,(H,22,24)(H,25,26);;1H2/q;;;+1;/p-1. The van der Waals surface area contributed by atoms with Gasteiger partial charge in [0.05, 0.1) is 104 Å². The van der Waals surface area contributed by atoms with Crippen LogP contribution in [0.3, 0.4) is 0 Å². The van der Waals surface area contributed by atoms with Crippen LogP contribution >= 0.6 is 34.0 Å². The number of carboxylic acids is 1. The van der Waals surface area contributed by atoms with E-state index in [4.69, 9.17) is 15.2 Å². The van der Waals surface area contributed by atoms with E-state index in [1.807, 2.05) is 69.3 Å². The number of anilines is 4. The summed E-state index contributed by atoms with van der Waals surface area (Å²) in [5.41, 5.74) is 10.6. The molecule has 9 aromatic rings. The van der Waals surface area contributed by atoms with E-state index in [1.54, 1.807) is 120 Å². The predicted octanol–water partition coefficient (Wildman–Crippen LogP) is 9.92. The van der Waals surface area contributed by atoms with Gasteiger partial charge in [-0.1, -0.05) is 57.2 Å². The summed E-state index contributed by atoms with van der Waals surface area (Å²) in [6.45, 7) is 5.92. The maximum atomic E-state index is 12.5. The van der Waals surface area contributed by atoms with Gasteiger partial charge in [0.1, 0.15) is 11.5 Å². The number of nitrogens with two attached hydrogens (primary N) is 1. The van der Waals surface area contributed by atoms with E-state index in [9.17, 15) is 44.1 Å². The third-order valence-corrected chi connectivity index (χ3v) is 16.5. The van der Waals surface area contributed by atoms with Crippen molar-refractivity contribution in [1.29, 1.82) is 0 Å². The Balaban J connectivity index is 0.000000230. The number of aromatic hydroxyl groups is 2. The minimum atomic E-state index is -1.08. The number of aromatic nitrogens is 3. The Morgan fingerprint density at radius 1 is 0.471 bits per heavy atom. The maximum Gasteiger partial charge on any atom is 1.00 e. The molecule has 0 radical (unpaired) electrons. The van der Waals surface area contributed by atoms with Crippen LogP contribution in [0.2, 0.25) is 0 Å². The number of benzene rings is 3. The fourth-order valence-corrected chi connectivity index (χ4v) is 11.3. The second-order valence-electron chi connectivity index (χ2n) is 18.8. The van der Waals surface area contributed by atoms with Crippen LogP contribution in [0.5, 0.6) is 11.5 Å². The summed E-state index contributed by atoms with van der Waals surface area (Å²) < 4.78 is 9.51. The largest absolute Gasteiger partial charge is 1.00 e. The van der Waals surface area contributed by atoms with Gasteiger partial charge in [-0.3, -0.25) is 29.3 Å². The minimum Gasteiger partial charge on any atom is -0.870 e. The van der Waals surface area contributed by atoms with Crippen molar-refractivity contribution in [2.75, 3.05) is 35.9 Å². The zero-order chi connectivity index (χ0) is 59.6. The van der Waals surface area contributed by atoms with Crippen LogP contribution in [-0.4, -0.2) is 85.6 Å². The molecule has 6 aromatic heterocycles. The number of hydrogen-bond acceptors (Lipinski definition) is 18. The molecule has 0 spiro atoms. The zero-order valence-electron chi connectivity index (χ0n) is 47.1. The first-order valence-corrected chi connectivity index (χ1v) is 28.2. The number of ether oxygens (including phenoxy) is 2. The van der Waals surface area contributed by atoms with Gasteiger partial charge >= 0.3 is 36.8 Å². The van der Waals surface area contributed by atoms with Crippen molar-refractivity contribution in [3.05, 3.63) is 196 Å². The molecule has 3 unspecified atom stereocenters. The summed E-state index contributed by atoms with van der Waals surface area (Å²) in [6, 6.07) is 42.1. The normalized spacial score (nSPS) is 11.4. The Kier molecular flexibility index (Phi) is 25.3. The molecule has 434 valence electrons. The number of carboxylic acid groups (broad SMARTS) is 1. The van der Waals surface area contributed by atoms with E-state index in [0.717, 1.165) is 46.3 Å². The van der Waals surface area contributed by atoms with Crippen molar-refractivity contribution >= 4 is 92.4 Å². The molecule has 0 saturated carbocycles. The van der Waals surface area contributed by atoms with Gasteiger partial charge in [-0.05, 0) is 127 Å². The molecule has 85 heavy (non-hydrogen) atoms. The van der Waals surface area contributed by atoms with Crippen molar-refractivity contribution in [3.8, 4) is 43.2 Å². The first-order valence-electron chi connectivity index (χ1n) is 25.8. The van der Waals surface area contributed by atoms with E-state index in [-0.39, 0.29) is 89.7 Å². The number of para-hydroxylation sites is 3. The summed E-state index contributed by atoms with van der Waals surface area (Å²) in [5.74, 6) is -2.41. The Labute approximate surface area is 514 Å². The number of methoxy groups -OCH3 is 2.